The van der Waals surface area contributed by atoms with Gasteiger partial charge < -0.3 is 0 Å². The first kappa shape index (κ1) is 25.5. The van der Waals surface area contributed by atoms with Crippen molar-refractivity contribution in [1.82, 2.24) is 0 Å². The van der Waals surface area contributed by atoms with Crippen molar-refractivity contribution in [3.05, 3.63) is 0 Å². The van der Waals surface area contributed by atoms with Crippen LogP contribution in [0.1, 0.15) is 155 Å². The van der Waals surface area contributed by atoms with Gasteiger partial charge in [-0.3, -0.25) is 0 Å². The molecule has 5 aliphatic rings. The molecule has 0 aromatic rings. The monoisotopic (exact) mass is 490 g/mol. The summed E-state index contributed by atoms with van der Waals surface area (Å²) in [7, 11) is 0.536. The van der Waals surface area contributed by atoms with Crippen molar-refractivity contribution >= 4 is 15.8 Å². The molecular formula is C31H56P2. The normalized spacial score (nSPS) is 33.2. The molecular weight excluding hydrogens is 434 g/mol. The molecule has 0 aromatic carbocycles. The van der Waals surface area contributed by atoms with E-state index in [4.69, 9.17) is 0 Å². The van der Waals surface area contributed by atoms with Gasteiger partial charge in [-0.25, -0.2) is 0 Å². The van der Waals surface area contributed by atoms with Crippen LogP contribution >= 0.6 is 15.8 Å². The van der Waals surface area contributed by atoms with Crippen molar-refractivity contribution in [2.75, 3.05) is 0 Å². The molecule has 0 bridgehead atoms. The summed E-state index contributed by atoms with van der Waals surface area (Å²) < 4.78 is 0. The second-order valence-electron chi connectivity index (χ2n) is 13.0. The van der Waals surface area contributed by atoms with Crippen LogP contribution < -0.4 is 0 Å². The van der Waals surface area contributed by atoms with Crippen molar-refractivity contribution in [1.29, 1.82) is 0 Å². The van der Waals surface area contributed by atoms with Gasteiger partial charge in [-0.2, -0.15) is 0 Å². The zero-order chi connectivity index (χ0) is 22.5. The van der Waals surface area contributed by atoms with Crippen molar-refractivity contribution in [2.24, 2.45) is 5.92 Å². The Balaban J connectivity index is 1.37. The van der Waals surface area contributed by atoms with Crippen LogP contribution in [0.4, 0.5) is 0 Å². The average molecular weight is 491 g/mol. The highest BCUT2D eigenvalue weighted by molar-refractivity contribution is 7.61. The largest absolute Gasteiger partial charge is 0.0971 e. The summed E-state index contributed by atoms with van der Waals surface area (Å²) in [6.45, 7) is 2.85. The van der Waals surface area contributed by atoms with Gasteiger partial charge in [0, 0.05) is 0 Å². The Morgan fingerprint density at radius 1 is 0.424 bits per heavy atom. The molecule has 190 valence electrons. The first-order chi connectivity index (χ1) is 16.3. The van der Waals surface area contributed by atoms with E-state index >= 15 is 0 Å². The first-order valence-electron chi connectivity index (χ1n) is 15.9. The summed E-state index contributed by atoms with van der Waals surface area (Å²) in [5, 5.41) is 0. The van der Waals surface area contributed by atoms with Gasteiger partial charge in [-0.15, -0.1) is 0 Å². The van der Waals surface area contributed by atoms with Crippen LogP contribution in [0.15, 0.2) is 0 Å². The van der Waals surface area contributed by atoms with Crippen LogP contribution in [-0.2, 0) is 0 Å². The van der Waals surface area contributed by atoms with Crippen LogP contribution in [0.3, 0.4) is 0 Å². The SMILES string of the molecule is C[C@@H]([C@@H]1CCCC1P(C1CCCCC1)C1CCCCC1)P(C1CCCCC1)C1CCCCC1. The molecule has 5 saturated carbocycles. The van der Waals surface area contributed by atoms with Gasteiger partial charge in [0.15, 0.2) is 0 Å². The van der Waals surface area contributed by atoms with Gasteiger partial charge >= 0.3 is 0 Å². The molecule has 2 heteroatoms. The molecule has 0 aliphatic heterocycles. The Morgan fingerprint density at radius 2 is 0.818 bits per heavy atom. The quantitative estimate of drug-likeness (QED) is 0.311. The van der Waals surface area contributed by atoms with Crippen molar-refractivity contribution in [3.8, 4) is 0 Å². The second-order valence-corrected chi connectivity index (χ2v) is 19.2. The van der Waals surface area contributed by atoms with Crippen LogP contribution in [0.2, 0.25) is 0 Å². The lowest BCUT2D eigenvalue weighted by atomic mass is 9.99. The molecule has 1 unspecified atom stereocenters. The van der Waals surface area contributed by atoms with E-state index in [1.807, 2.05) is 0 Å². The Morgan fingerprint density at radius 3 is 1.24 bits per heavy atom. The fourth-order valence-corrected chi connectivity index (χ4v) is 19.2. The summed E-state index contributed by atoms with van der Waals surface area (Å²) in [6.07, 6.45) is 36.5. The Kier molecular flexibility index (Phi) is 9.97. The predicted octanol–water partition coefficient (Wildman–Crippen LogP) is 10.8. The van der Waals surface area contributed by atoms with E-state index in [2.05, 4.69) is 6.92 Å². The van der Waals surface area contributed by atoms with Gasteiger partial charge in [0.2, 0.25) is 0 Å². The molecule has 5 aliphatic carbocycles. The van der Waals surface area contributed by atoms with E-state index in [0.717, 1.165) is 22.9 Å². The summed E-state index contributed by atoms with van der Waals surface area (Å²) in [4.78, 5) is 0. The smallest absolute Gasteiger partial charge is 0.0170 e. The van der Waals surface area contributed by atoms with Gasteiger partial charge in [0.25, 0.3) is 0 Å². The maximum absolute atomic E-state index is 2.85. The summed E-state index contributed by atoms with van der Waals surface area (Å²) in [6, 6.07) is 0. The van der Waals surface area contributed by atoms with E-state index in [9.17, 15) is 0 Å². The Hall–Kier alpha value is 0.860. The molecule has 0 heterocycles. The van der Waals surface area contributed by atoms with E-state index < -0.39 is 0 Å². The molecule has 0 spiro atoms. The third-order valence-electron chi connectivity index (χ3n) is 11.0. The average Bonchev–Trinajstić information content (AvgIpc) is 3.36. The topological polar surface area (TPSA) is 0 Å². The molecule has 0 radical (unpaired) electrons. The van der Waals surface area contributed by atoms with Crippen molar-refractivity contribution in [2.45, 2.75) is 189 Å². The molecule has 5 fully saturated rings. The van der Waals surface area contributed by atoms with Crippen LogP contribution in [-0.4, -0.2) is 34.0 Å². The van der Waals surface area contributed by atoms with Crippen LogP contribution in [0, 0.1) is 5.92 Å². The molecule has 33 heavy (non-hydrogen) atoms. The molecule has 5 rings (SSSR count). The minimum Gasteiger partial charge on any atom is -0.0971 e. The standard InChI is InChI=1S/C31H56P2/c1-25(32(26-15-6-2-7-16-26)27-17-8-3-9-18-27)30-23-14-24-31(30)33(28-19-10-4-11-20-28)29-21-12-5-13-22-29/h25-31H,2-24H2,1H3/t25-,30-,31?/m0/s1. The fraction of sp³-hybridized carbons (Fsp3) is 1.00. The van der Waals surface area contributed by atoms with Gasteiger partial charge in [0.1, 0.15) is 0 Å². The molecule has 0 aromatic heterocycles. The Labute approximate surface area is 210 Å². The highest BCUT2D eigenvalue weighted by Gasteiger charge is 2.46. The molecule has 3 atom stereocenters. The third-order valence-corrected chi connectivity index (χ3v) is 19.2. The molecule has 0 amide bonds. The minimum atomic E-state index is 0.255. The van der Waals surface area contributed by atoms with Crippen molar-refractivity contribution in [3.63, 3.8) is 0 Å². The number of rotatable bonds is 7. The molecule has 0 nitrogen and oxygen atoms in total. The third kappa shape index (κ3) is 6.23. The Bertz CT molecular complexity index is 515. The zero-order valence-electron chi connectivity index (χ0n) is 22.2. The lowest BCUT2D eigenvalue weighted by molar-refractivity contribution is 0.456. The van der Waals surface area contributed by atoms with Crippen LogP contribution in [0.25, 0.3) is 0 Å². The maximum atomic E-state index is 2.85. The van der Waals surface area contributed by atoms with Gasteiger partial charge in [-0.1, -0.05) is 106 Å². The molecule has 0 N–H and O–H groups in total. The van der Waals surface area contributed by atoms with Gasteiger partial charge in [-0.05, 0) is 104 Å². The van der Waals surface area contributed by atoms with Crippen molar-refractivity contribution < 1.29 is 0 Å². The zero-order valence-corrected chi connectivity index (χ0v) is 24.0. The van der Waals surface area contributed by atoms with Crippen LogP contribution in [0.5, 0.6) is 0 Å². The lowest BCUT2D eigenvalue weighted by Gasteiger charge is -2.48. The van der Waals surface area contributed by atoms with E-state index in [-0.39, 0.29) is 15.8 Å². The maximum Gasteiger partial charge on any atom is -0.0170 e. The number of hydrogen-bond donors (Lipinski definition) is 0. The predicted molar refractivity (Wildman–Crippen MR) is 152 cm³/mol. The first-order valence-corrected chi connectivity index (χ1v) is 19.0. The van der Waals surface area contributed by atoms with E-state index in [1.54, 1.807) is 148 Å². The molecule has 0 saturated heterocycles. The fourth-order valence-electron chi connectivity index (χ4n) is 9.44. The summed E-state index contributed by atoms with van der Waals surface area (Å²) >= 11 is 0. The highest BCUT2D eigenvalue weighted by Crippen LogP contribution is 2.68. The highest BCUT2D eigenvalue weighted by atomic mass is 31.1. The summed E-state index contributed by atoms with van der Waals surface area (Å²) in [5.74, 6) is 1.13. The minimum absolute atomic E-state index is 0.255. The van der Waals surface area contributed by atoms with Gasteiger partial charge in [0.05, 0.1) is 0 Å². The lowest BCUT2D eigenvalue weighted by Crippen LogP contribution is -2.35. The second kappa shape index (κ2) is 12.9. The van der Waals surface area contributed by atoms with E-state index in [0.29, 0.717) is 0 Å². The van der Waals surface area contributed by atoms with E-state index in [1.165, 1.54) is 17.0 Å². The number of hydrogen-bond acceptors (Lipinski definition) is 0. The summed E-state index contributed by atoms with van der Waals surface area (Å²) in [5.41, 5.74) is 6.93.